The summed E-state index contributed by atoms with van der Waals surface area (Å²) in [5, 5.41) is 10.7. The Bertz CT molecular complexity index is 712. The molecule has 0 aromatic heterocycles. The van der Waals surface area contributed by atoms with Crippen LogP contribution in [0.4, 0.5) is 5.69 Å². The summed E-state index contributed by atoms with van der Waals surface area (Å²) in [5.41, 5.74) is 6.66. The van der Waals surface area contributed by atoms with E-state index in [2.05, 4.69) is 0 Å². The summed E-state index contributed by atoms with van der Waals surface area (Å²) in [6, 6.07) is 12.6. The van der Waals surface area contributed by atoms with E-state index in [1.807, 2.05) is 12.1 Å². The first-order valence-corrected chi connectivity index (χ1v) is 7.14. The average Bonchev–Trinajstić information content (AvgIpc) is 2.54. The number of halogens is 1. The largest absolute Gasteiger partial charge is 0.315 e. The van der Waals surface area contributed by atoms with E-state index in [0.29, 0.717) is 11.1 Å². The van der Waals surface area contributed by atoms with E-state index < -0.39 is 10.5 Å². The van der Waals surface area contributed by atoms with Crippen molar-refractivity contribution in [1.82, 2.24) is 0 Å². The second kappa shape index (κ2) is 6.25. The molecule has 0 amide bonds. The molecular weight excluding hydrogens is 304 g/mol. The summed E-state index contributed by atoms with van der Waals surface area (Å²) < 4.78 is 0. The molecule has 114 valence electrons. The molecule has 0 fully saturated rings. The van der Waals surface area contributed by atoms with Crippen molar-refractivity contribution in [2.75, 3.05) is 0 Å². The van der Waals surface area contributed by atoms with E-state index in [-0.39, 0.29) is 17.4 Å². The average molecular weight is 319 g/mol. The number of non-ortho nitro benzene ring substituents is 1. The minimum Gasteiger partial charge on any atom is -0.315 e. The number of hydrogen-bond acceptors (Lipinski definition) is 4. The van der Waals surface area contributed by atoms with Gasteiger partial charge in [0.15, 0.2) is 5.78 Å². The lowest BCUT2D eigenvalue weighted by atomic mass is 9.83. The topological polar surface area (TPSA) is 86.2 Å². The summed E-state index contributed by atoms with van der Waals surface area (Å²) in [6.07, 6.45) is 0. The SMILES string of the molecule is CC(N)(C(=O)c1ccc([N+](=O)[O-])cc1)c1ccccc1CCl. The van der Waals surface area contributed by atoms with Crippen molar-refractivity contribution in [3.63, 3.8) is 0 Å². The molecule has 0 aliphatic rings. The Balaban J connectivity index is 2.40. The van der Waals surface area contributed by atoms with Crippen LogP contribution in [-0.2, 0) is 11.4 Å². The minimum atomic E-state index is -1.26. The molecular formula is C16H15ClN2O3. The maximum atomic E-state index is 12.7. The molecule has 0 aliphatic heterocycles. The van der Waals surface area contributed by atoms with Gasteiger partial charge >= 0.3 is 0 Å². The van der Waals surface area contributed by atoms with Crippen LogP contribution in [-0.4, -0.2) is 10.7 Å². The standard InChI is InChI=1S/C16H15ClN2O3/c1-16(18,14-5-3-2-4-12(14)10-17)15(20)11-6-8-13(9-7-11)19(21)22/h2-9H,10,18H2,1H3. The monoisotopic (exact) mass is 318 g/mol. The van der Waals surface area contributed by atoms with Crippen LogP contribution >= 0.6 is 11.6 Å². The first kappa shape index (κ1) is 16.1. The number of benzene rings is 2. The number of nitrogens with zero attached hydrogens (tertiary/aromatic N) is 1. The number of nitrogens with two attached hydrogens (primary N) is 1. The molecule has 0 radical (unpaired) electrons. The fourth-order valence-electron chi connectivity index (χ4n) is 2.30. The van der Waals surface area contributed by atoms with Crippen LogP contribution in [0.1, 0.15) is 28.4 Å². The zero-order valence-corrected chi connectivity index (χ0v) is 12.7. The normalized spacial score (nSPS) is 13.4. The van der Waals surface area contributed by atoms with Crippen LogP contribution in [0.3, 0.4) is 0 Å². The highest BCUT2D eigenvalue weighted by Crippen LogP contribution is 2.27. The zero-order chi connectivity index (χ0) is 16.3. The van der Waals surface area contributed by atoms with Crippen molar-refractivity contribution in [2.45, 2.75) is 18.3 Å². The van der Waals surface area contributed by atoms with Gasteiger partial charge in [0, 0.05) is 23.6 Å². The van der Waals surface area contributed by atoms with Gasteiger partial charge in [0.25, 0.3) is 5.69 Å². The van der Waals surface area contributed by atoms with E-state index in [0.717, 1.165) is 5.56 Å². The number of nitro groups is 1. The molecule has 2 rings (SSSR count). The van der Waals surface area contributed by atoms with Crippen molar-refractivity contribution >= 4 is 23.1 Å². The van der Waals surface area contributed by atoms with E-state index in [1.54, 1.807) is 19.1 Å². The van der Waals surface area contributed by atoms with Gasteiger partial charge in [-0.2, -0.15) is 0 Å². The lowest BCUT2D eigenvalue weighted by Crippen LogP contribution is -2.42. The Morgan fingerprint density at radius 1 is 1.23 bits per heavy atom. The molecule has 0 aliphatic carbocycles. The summed E-state index contributed by atoms with van der Waals surface area (Å²) in [4.78, 5) is 22.8. The van der Waals surface area contributed by atoms with Crippen molar-refractivity contribution in [3.05, 3.63) is 75.3 Å². The Kier molecular flexibility index (Phi) is 4.59. The minimum absolute atomic E-state index is 0.0727. The Hall–Kier alpha value is -2.24. The fourth-order valence-corrected chi connectivity index (χ4v) is 2.53. The second-order valence-electron chi connectivity index (χ2n) is 5.13. The summed E-state index contributed by atoms with van der Waals surface area (Å²) >= 11 is 5.90. The Morgan fingerprint density at radius 3 is 2.36 bits per heavy atom. The van der Waals surface area contributed by atoms with Crippen molar-refractivity contribution in [2.24, 2.45) is 5.73 Å². The molecule has 0 saturated carbocycles. The highest BCUT2D eigenvalue weighted by atomic mass is 35.5. The van der Waals surface area contributed by atoms with Crippen LogP contribution in [0.25, 0.3) is 0 Å². The number of ketones is 1. The Labute approximate surface area is 132 Å². The predicted octanol–water partition coefficient (Wildman–Crippen LogP) is 3.39. The lowest BCUT2D eigenvalue weighted by Gasteiger charge is -2.26. The first-order chi connectivity index (χ1) is 10.4. The number of hydrogen-bond donors (Lipinski definition) is 1. The van der Waals surface area contributed by atoms with Crippen LogP contribution in [0.5, 0.6) is 0 Å². The molecule has 6 heteroatoms. The van der Waals surface area contributed by atoms with E-state index in [4.69, 9.17) is 17.3 Å². The van der Waals surface area contributed by atoms with Crippen molar-refractivity contribution < 1.29 is 9.72 Å². The third kappa shape index (κ3) is 3.00. The highest BCUT2D eigenvalue weighted by Gasteiger charge is 2.33. The van der Waals surface area contributed by atoms with Crippen LogP contribution in [0.2, 0.25) is 0 Å². The molecule has 0 saturated heterocycles. The lowest BCUT2D eigenvalue weighted by molar-refractivity contribution is -0.384. The molecule has 0 spiro atoms. The number of carbonyl (C=O) groups excluding carboxylic acids is 1. The zero-order valence-electron chi connectivity index (χ0n) is 12.0. The smallest absolute Gasteiger partial charge is 0.269 e. The van der Waals surface area contributed by atoms with Crippen LogP contribution in [0.15, 0.2) is 48.5 Å². The quantitative estimate of drug-likeness (QED) is 0.396. The van der Waals surface area contributed by atoms with Gasteiger partial charge in [0.2, 0.25) is 0 Å². The highest BCUT2D eigenvalue weighted by molar-refractivity contribution is 6.17. The van der Waals surface area contributed by atoms with Crippen LogP contribution < -0.4 is 5.73 Å². The maximum absolute atomic E-state index is 12.7. The molecule has 1 atom stereocenters. The molecule has 22 heavy (non-hydrogen) atoms. The van der Waals surface area contributed by atoms with Gasteiger partial charge in [-0.05, 0) is 30.2 Å². The molecule has 2 aromatic carbocycles. The Morgan fingerprint density at radius 2 is 1.82 bits per heavy atom. The third-order valence-corrected chi connectivity index (χ3v) is 3.82. The molecule has 2 N–H and O–H groups in total. The van der Waals surface area contributed by atoms with Gasteiger partial charge in [-0.25, -0.2) is 0 Å². The second-order valence-corrected chi connectivity index (χ2v) is 5.39. The third-order valence-electron chi connectivity index (χ3n) is 3.53. The van der Waals surface area contributed by atoms with Gasteiger partial charge < -0.3 is 5.73 Å². The van der Waals surface area contributed by atoms with Gasteiger partial charge in [-0.3, -0.25) is 14.9 Å². The number of Topliss-reactive ketones (excluding diaryl/α,β-unsaturated/α-hetero) is 1. The first-order valence-electron chi connectivity index (χ1n) is 6.60. The van der Waals surface area contributed by atoms with Crippen LogP contribution in [0, 0.1) is 10.1 Å². The predicted molar refractivity (Wildman–Crippen MR) is 85.0 cm³/mol. The van der Waals surface area contributed by atoms with Gasteiger partial charge in [-0.1, -0.05) is 24.3 Å². The summed E-state index contributed by atoms with van der Waals surface area (Å²) in [6.45, 7) is 1.61. The van der Waals surface area contributed by atoms with E-state index in [1.165, 1.54) is 24.3 Å². The fraction of sp³-hybridized carbons (Fsp3) is 0.188. The van der Waals surface area contributed by atoms with E-state index in [9.17, 15) is 14.9 Å². The van der Waals surface area contributed by atoms with Gasteiger partial charge in [0.1, 0.15) is 5.54 Å². The summed E-state index contributed by atoms with van der Waals surface area (Å²) in [5.74, 6) is -0.0729. The molecule has 5 nitrogen and oxygen atoms in total. The number of nitro benzene ring substituents is 1. The molecule has 0 bridgehead atoms. The van der Waals surface area contributed by atoms with Crippen molar-refractivity contribution in [3.8, 4) is 0 Å². The van der Waals surface area contributed by atoms with E-state index >= 15 is 0 Å². The van der Waals surface area contributed by atoms with Crippen molar-refractivity contribution in [1.29, 1.82) is 0 Å². The summed E-state index contributed by atoms with van der Waals surface area (Å²) in [7, 11) is 0. The number of carbonyl (C=O) groups is 1. The maximum Gasteiger partial charge on any atom is 0.269 e. The van der Waals surface area contributed by atoms with Gasteiger partial charge in [0.05, 0.1) is 4.92 Å². The molecule has 2 aromatic rings. The van der Waals surface area contributed by atoms with Gasteiger partial charge in [-0.15, -0.1) is 11.6 Å². The number of alkyl halides is 1. The number of rotatable bonds is 5. The molecule has 1 unspecified atom stereocenters. The molecule has 0 heterocycles.